The lowest BCUT2D eigenvalue weighted by atomic mass is 9.95. The molecule has 2 rings (SSSR count). The van der Waals surface area contributed by atoms with Gasteiger partial charge in [0.05, 0.1) is 5.92 Å². The minimum absolute atomic E-state index is 0.0357. The summed E-state index contributed by atoms with van der Waals surface area (Å²) in [4.78, 5) is 16.6. The number of nitrogens with zero attached hydrogens (tertiary/aromatic N) is 1. The molecule has 0 unspecified atom stereocenters. The Morgan fingerprint density at radius 2 is 2.04 bits per heavy atom. The van der Waals surface area contributed by atoms with E-state index in [1.54, 1.807) is 13.1 Å². The first kappa shape index (κ1) is 16.9. The van der Waals surface area contributed by atoms with E-state index in [9.17, 15) is 9.18 Å². The van der Waals surface area contributed by atoms with Gasteiger partial charge in [-0.05, 0) is 18.1 Å². The molecule has 0 bridgehead atoms. The molecule has 0 saturated carbocycles. The van der Waals surface area contributed by atoms with Crippen molar-refractivity contribution in [1.82, 2.24) is 10.3 Å². The third kappa shape index (κ3) is 4.28. The van der Waals surface area contributed by atoms with Crippen molar-refractivity contribution in [3.8, 4) is 0 Å². The van der Waals surface area contributed by atoms with Crippen LogP contribution in [0.4, 0.5) is 10.2 Å². The molecule has 2 N–H and O–H groups in total. The second-order valence-corrected chi connectivity index (χ2v) is 5.32. The van der Waals surface area contributed by atoms with E-state index in [0.717, 1.165) is 17.5 Å². The van der Waals surface area contributed by atoms with Gasteiger partial charge in [-0.1, -0.05) is 37.3 Å². The number of hydrogen-bond acceptors (Lipinski definition) is 3. The highest BCUT2D eigenvalue weighted by atomic mass is 19.1. The summed E-state index contributed by atoms with van der Waals surface area (Å²) in [7, 11) is 1.75. The fourth-order valence-electron chi connectivity index (χ4n) is 2.56. The largest absolute Gasteiger partial charge is 0.373 e. The van der Waals surface area contributed by atoms with Gasteiger partial charge in [0.15, 0.2) is 0 Å². The lowest BCUT2D eigenvalue weighted by Gasteiger charge is -2.16. The lowest BCUT2D eigenvalue weighted by Crippen LogP contribution is -2.29. The molecular weight excluding hydrogens is 293 g/mol. The number of carbonyl (C=O) groups is 1. The van der Waals surface area contributed by atoms with Gasteiger partial charge in [-0.15, -0.1) is 0 Å². The van der Waals surface area contributed by atoms with Crippen molar-refractivity contribution in [3.05, 3.63) is 59.3 Å². The summed E-state index contributed by atoms with van der Waals surface area (Å²) in [5.41, 5.74) is 2.28. The lowest BCUT2D eigenvalue weighted by molar-refractivity contribution is -0.122. The normalized spacial score (nSPS) is 11.8. The molecule has 0 fully saturated rings. The van der Waals surface area contributed by atoms with Gasteiger partial charge in [-0.2, -0.15) is 0 Å². The molecule has 122 valence electrons. The van der Waals surface area contributed by atoms with Crippen molar-refractivity contribution in [3.63, 3.8) is 0 Å². The Labute approximate surface area is 136 Å². The third-order valence-corrected chi connectivity index (χ3v) is 3.79. The molecule has 5 heteroatoms. The van der Waals surface area contributed by atoms with E-state index < -0.39 is 6.67 Å². The first-order chi connectivity index (χ1) is 11.2. The second kappa shape index (κ2) is 8.27. The number of aromatic nitrogens is 1. The Morgan fingerprint density at radius 1 is 1.30 bits per heavy atom. The number of anilines is 1. The van der Waals surface area contributed by atoms with Gasteiger partial charge in [0, 0.05) is 30.9 Å². The molecule has 2 aromatic rings. The van der Waals surface area contributed by atoms with Gasteiger partial charge in [0.2, 0.25) is 5.91 Å². The van der Waals surface area contributed by atoms with E-state index in [1.165, 1.54) is 6.20 Å². The maximum Gasteiger partial charge on any atom is 0.227 e. The van der Waals surface area contributed by atoms with Crippen LogP contribution in [0.2, 0.25) is 0 Å². The first-order valence-corrected chi connectivity index (χ1v) is 7.73. The first-order valence-electron chi connectivity index (χ1n) is 7.73. The molecule has 0 saturated heterocycles. The number of benzene rings is 1. The Hall–Kier alpha value is -2.43. The minimum Gasteiger partial charge on any atom is -0.373 e. The average Bonchev–Trinajstić information content (AvgIpc) is 2.61. The second-order valence-electron chi connectivity index (χ2n) is 5.32. The zero-order valence-corrected chi connectivity index (χ0v) is 13.5. The average molecular weight is 315 g/mol. The summed E-state index contributed by atoms with van der Waals surface area (Å²) < 4.78 is 12.8. The number of hydrogen-bond donors (Lipinski definition) is 2. The van der Waals surface area contributed by atoms with Gasteiger partial charge in [0.1, 0.15) is 12.5 Å². The molecular formula is C18H22FN3O. The number of amides is 1. The predicted molar refractivity (Wildman–Crippen MR) is 89.9 cm³/mol. The Kier molecular flexibility index (Phi) is 6.09. The van der Waals surface area contributed by atoms with Crippen LogP contribution in [0.1, 0.15) is 36.0 Å². The number of rotatable bonds is 7. The van der Waals surface area contributed by atoms with E-state index in [1.807, 2.05) is 37.3 Å². The van der Waals surface area contributed by atoms with Crippen LogP contribution < -0.4 is 10.6 Å². The van der Waals surface area contributed by atoms with E-state index in [-0.39, 0.29) is 11.8 Å². The Morgan fingerprint density at radius 3 is 2.65 bits per heavy atom. The van der Waals surface area contributed by atoms with Crippen molar-refractivity contribution in [2.75, 3.05) is 12.4 Å². The van der Waals surface area contributed by atoms with Gasteiger partial charge in [-0.3, -0.25) is 4.79 Å². The smallest absolute Gasteiger partial charge is 0.227 e. The standard InChI is InChI=1S/C18H22FN3O/c1-3-16(14-7-5-4-6-8-14)18(23)22-12-15-9-13(10-19)11-21-17(15)20-2/h4-9,11,16H,3,10,12H2,1-2H3,(H,20,21)(H,22,23)/t16-/m0/s1. The van der Waals surface area contributed by atoms with Crippen molar-refractivity contribution in [2.24, 2.45) is 0 Å². The van der Waals surface area contributed by atoms with E-state index in [4.69, 9.17) is 0 Å². The van der Waals surface area contributed by atoms with Crippen LogP contribution in [0.5, 0.6) is 0 Å². The highest BCUT2D eigenvalue weighted by Crippen LogP contribution is 2.20. The summed E-state index contributed by atoms with van der Waals surface area (Å²) in [6.07, 6.45) is 2.22. The maximum absolute atomic E-state index is 12.8. The molecule has 4 nitrogen and oxygen atoms in total. The predicted octanol–water partition coefficient (Wildman–Crippen LogP) is 3.40. The van der Waals surface area contributed by atoms with Crippen molar-refractivity contribution in [2.45, 2.75) is 32.5 Å². The molecule has 1 heterocycles. The number of alkyl halides is 1. The fourth-order valence-corrected chi connectivity index (χ4v) is 2.56. The number of halogens is 1. The zero-order chi connectivity index (χ0) is 16.7. The zero-order valence-electron chi connectivity index (χ0n) is 13.5. The van der Waals surface area contributed by atoms with Gasteiger partial charge in [-0.25, -0.2) is 9.37 Å². The molecule has 0 aliphatic carbocycles. The molecule has 0 spiro atoms. The van der Waals surface area contributed by atoms with Crippen molar-refractivity contribution >= 4 is 11.7 Å². The van der Waals surface area contributed by atoms with E-state index in [2.05, 4.69) is 15.6 Å². The number of nitrogens with one attached hydrogen (secondary N) is 2. The summed E-state index contributed by atoms with van der Waals surface area (Å²) in [6, 6.07) is 11.4. The summed E-state index contributed by atoms with van der Waals surface area (Å²) in [5.74, 6) is 0.424. The molecule has 1 aromatic carbocycles. The molecule has 23 heavy (non-hydrogen) atoms. The molecule has 0 aliphatic rings. The van der Waals surface area contributed by atoms with Gasteiger partial charge >= 0.3 is 0 Å². The Bertz CT molecular complexity index is 646. The summed E-state index contributed by atoms with van der Waals surface area (Å²) in [5, 5.41) is 5.89. The number of pyridine rings is 1. The van der Waals surface area contributed by atoms with Gasteiger partial charge < -0.3 is 10.6 Å². The molecule has 1 amide bonds. The molecule has 1 aromatic heterocycles. The molecule has 0 radical (unpaired) electrons. The summed E-state index contributed by atoms with van der Waals surface area (Å²) in [6.45, 7) is 1.74. The Balaban J connectivity index is 2.09. The van der Waals surface area contributed by atoms with Gasteiger partial charge in [0.25, 0.3) is 0 Å². The fraction of sp³-hybridized carbons (Fsp3) is 0.333. The van der Waals surface area contributed by atoms with Crippen LogP contribution >= 0.6 is 0 Å². The quantitative estimate of drug-likeness (QED) is 0.823. The highest BCUT2D eigenvalue weighted by Gasteiger charge is 2.18. The molecule has 1 atom stereocenters. The minimum atomic E-state index is -0.570. The SMILES string of the molecule is CC[C@H](C(=O)NCc1cc(CF)cnc1NC)c1ccccc1. The van der Waals surface area contributed by atoms with E-state index in [0.29, 0.717) is 17.9 Å². The van der Waals surface area contributed by atoms with Crippen LogP contribution in [0.15, 0.2) is 42.6 Å². The van der Waals surface area contributed by atoms with Crippen LogP contribution in [0.25, 0.3) is 0 Å². The topological polar surface area (TPSA) is 54.0 Å². The van der Waals surface area contributed by atoms with Crippen LogP contribution in [-0.2, 0) is 18.0 Å². The number of carbonyl (C=O) groups excluding carboxylic acids is 1. The van der Waals surface area contributed by atoms with Crippen LogP contribution in [-0.4, -0.2) is 17.9 Å². The van der Waals surface area contributed by atoms with Crippen LogP contribution in [0, 0.1) is 0 Å². The summed E-state index contributed by atoms with van der Waals surface area (Å²) >= 11 is 0. The third-order valence-electron chi connectivity index (χ3n) is 3.79. The monoisotopic (exact) mass is 315 g/mol. The van der Waals surface area contributed by atoms with Crippen molar-refractivity contribution < 1.29 is 9.18 Å². The van der Waals surface area contributed by atoms with E-state index >= 15 is 0 Å². The highest BCUT2D eigenvalue weighted by molar-refractivity contribution is 5.83. The maximum atomic E-state index is 12.8. The van der Waals surface area contributed by atoms with Crippen molar-refractivity contribution in [1.29, 1.82) is 0 Å². The van der Waals surface area contributed by atoms with Crippen LogP contribution in [0.3, 0.4) is 0 Å². The molecule has 0 aliphatic heterocycles.